The molecule has 2 aromatic rings. The van der Waals surface area contributed by atoms with Crippen LogP contribution in [0, 0.1) is 0 Å². The predicted molar refractivity (Wildman–Crippen MR) is 99.2 cm³/mol. The van der Waals surface area contributed by atoms with Crippen molar-refractivity contribution in [1.82, 2.24) is 19.9 Å². The number of carbonyl (C=O) groups is 1. The Kier molecular flexibility index (Phi) is 5.79. The van der Waals surface area contributed by atoms with E-state index in [1.54, 1.807) is 10.9 Å². The van der Waals surface area contributed by atoms with Gasteiger partial charge in [-0.15, -0.1) is 5.10 Å². The first-order valence-electron chi connectivity index (χ1n) is 9.74. The molecule has 1 atom stereocenters. The largest absolute Gasteiger partial charge is 0.376 e. The van der Waals surface area contributed by atoms with Crippen LogP contribution in [0.3, 0.4) is 0 Å². The highest BCUT2D eigenvalue weighted by atomic mass is 16.5. The lowest BCUT2D eigenvalue weighted by Gasteiger charge is -2.31. The van der Waals surface area contributed by atoms with Crippen LogP contribution in [-0.4, -0.2) is 57.7 Å². The molecule has 2 aliphatic heterocycles. The Balaban J connectivity index is 1.24. The standard InChI is InChI=1S/C20H26N4O3/c25-20(19-14-24(22-21-19)13-18-7-4-12-26-18)23-10-8-17(9-11-23)27-15-16-5-2-1-3-6-16/h1-3,5-6,14,17-18H,4,7-13,15H2/t18-/m0/s1. The van der Waals surface area contributed by atoms with Gasteiger partial charge in [0, 0.05) is 19.7 Å². The second-order valence-corrected chi connectivity index (χ2v) is 7.25. The minimum Gasteiger partial charge on any atom is -0.376 e. The molecule has 3 heterocycles. The van der Waals surface area contributed by atoms with Crippen molar-refractivity contribution in [2.45, 2.75) is 51.0 Å². The summed E-state index contributed by atoms with van der Waals surface area (Å²) < 4.78 is 13.3. The Morgan fingerprint density at radius 2 is 2.00 bits per heavy atom. The average Bonchev–Trinajstić information content (AvgIpc) is 3.40. The fourth-order valence-electron chi connectivity index (χ4n) is 3.66. The monoisotopic (exact) mass is 370 g/mol. The van der Waals surface area contributed by atoms with Gasteiger partial charge in [0.2, 0.25) is 0 Å². The van der Waals surface area contributed by atoms with E-state index in [2.05, 4.69) is 22.4 Å². The van der Waals surface area contributed by atoms with Gasteiger partial charge >= 0.3 is 0 Å². The van der Waals surface area contributed by atoms with Crippen LogP contribution < -0.4 is 0 Å². The Hall–Kier alpha value is -2.25. The van der Waals surface area contributed by atoms with E-state index in [0.717, 1.165) is 32.3 Å². The maximum atomic E-state index is 12.7. The molecule has 7 heteroatoms. The molecule has 0 unspecified atom stereocenters. The van der Waals surface area contributed by atoms with Crippen LogP contribution in [0.1, 0.15) is 41.7 Å². The van der Waals surface area contributed by atoms with Crippen LogP contribution in [-0.2, 0) is 22.6 Å². The van der Waals surface area contributed by atoms with Gasteiger partial charge in [0.25, 0.3) is 5.91 Å². The summed E-state index contributed by atoms with van der Waals surface area (Å²) in [5.41, 5.74) is 1.59. The van der Waals surface area contributed by atoms with Gasteiger partial charge in [-0.1, -0.05) is 35.5 Å². The van der Waals surface area contributed by atoms with E-state index < -0.39 is 0 Å². The molecular weight excluding hydrogens is 344 g/mol. The number of amides is 1. The van der Waals surface area contributed by atoms with Crippen LogP contribution >= 0.6 is 0 Å². The third-order valence-electron chi connectivity index (χ3n) is 5.23. The van der Waals surface area contributed by atoms with Crippen molar-refractivity contribution in [3.05, 3.63) is 47.8 Å². The van der Waals surface area contributed by atoms with Gasteiger partial charge in [-0.05, 0) is 31.2 Å². The van der Waals surface area contributed by atoms with Crippen molar-refractivity contribution in [2.24, 2.45) is 0 Å². The number of hydrogen-bond donors (Lipinski definition) is 0. The zero-order valence-electron chi connectivity index (χ0n) is 15.5. The zero-order chi connectivity index (χ0) is 18.5. The number of hydrogen-bond acceptors (Lipinski definition) is 5. The molecule has 0 spiro atoms. The zero-order valence-corrected chi connectivity index (χ0v) is 15.5. The van der Waals surface area contributed by atoms with Crippen molar-refractivity contribution in [2.75, 3.05) is 19.7 Å². The average molecular weight is 370 g/mol. The molecule has 7 nitrogen and oxygen atoms in total. The third-order valence-corrected chi connectivity index (χ3v) is 5.23. The van der Waals surface area contributed by atoms with Crippen LogP contribution in [0.5, 0.6) is 0 Å². The van der Waals surface area contributed by atoms with Crippen LogP contribution in [0.15, 0.2) is 36.5 Å². The van der Waals surface area contributed by atoms with Gasteiger partial charge < -0.3 is 14.4 Å². The van der Waals surface area contributed by atoms with Gasteiger partial charge in [0.1, 0.15) is 0 Å². The molecule has 2 aliphatic rings. The summed E-state index contributed by atoms with van der Waals surface area (Å²) in [5.74, 6) is -0.0462. The summed E-state index contributed by atoms with van der Waals surface area (Å²) in [4.78, 5) is 14.5. The van der Waals surface area contributed by atoms with Crippen molar-refractivity contribution < 1.29 is 14.3 Å². The Labute approximate surface area is 159 Å². The molecule has 0 radical (unpaired) electrons. The second kappa shape index (κ2) is 8.63. The lowest BCUT2D eigenvalue weighted by Crippen LogP contribution is -2.41. The van der Waals surface area contributed by atoms with Gasteiger partial charge in [0.15, 0.2) is 5.69 Å². The molecule has 0 N–H and O–H groups in total. The molecule has 2 saturated heterocycles. The number of aromatic nitrogens is 3. The van der Waals surface area contributed by atoms with Gasteiger partial charge in [0.05, 0.1) is 31.6 Å². The van der Waals surface area contributed by atoms with E-state index in [1.807, 2.05) is 23.1 Å². The number of likely N-dealkylation sites (tertiary alicyclic amines) is 1. The smallest absolute Gasteiger partial charge is 0.276 e. The summed E-state index contributed by atoms with van der Waals surface area (Å²) in [6, 6.07) is 10.2. The SMILES string of the molecule is O=C(c1cn(C[C@@H]2CCCO2)nn1)N1CCC(OCc2ccccc2)CC1. The first kappa shape index (κ1) is 18.1. The van der Waals surface area contributed by atoms with Crippen LogP contribution in [0.4, 0.5) is 0 Å². The molecule has 0 saturated carbocycles. The van der Waals surface area contributed by atoms with E-state index in [9.17, 15) is 4.79 Å². The summed E-state index contributed by atoms with van der Waals surface area (Å²) in [7, 11) is 0. The Morgan fingerprint density at radius 1 is 1.19 bits per heavy atom. The molecule has 1 aromatic heterocycles. The molecule has 2 fully saturated rings. The van der Waals surface area contributed by atoms with E-state index >= 15 is 0 Å². The maximum absolute atomic E-state index is 12.7. The number of rotatable bonds is 6. The van der Waals surface area contributed by atoms with Crippen LogP contribution in [0.25, 0.3) is 0 Å². The molecule has 1 aromatic carbocycles. The molecule has 1 amide bonds. The van der Waals surface area contributed by atoms with Crippen LogP contribution in [0.2, 0.25) is 0 Å². The Morgan fingerprint density at radius 3 is 2.74 bits per heavy atom. The normalized spacial score (nSPS) is 20.9. The minimum absolute atomic E-state index is 0.0462. The number of ether oxygens (including phenoxy) is 2. The maximum Gasteiger partial charge on any atom is 0.276 e. The summed E-state index contributed by atoms with van der Waals surface area (Å²) in [6.07, 6.45) is 5.95. The summed E-state index contributed by atoms with van der Waals surface area (Å²) in [6.45, 7) is 3.48. The van der Waals surface area contributed by atoms with Gasteiger partial charge in [-0.2, -0.15) is 0 Å². The van der Waals surface area contributed by atoms with Gasteiger partial charge in [-0.3, -0.25) is 4.79 Å². The fraction of sp³-hybridized carbons (Fsp3) is 0.550. The molecule has 27 heavy (non-hydrogen) atoms. The highest BCUT2D eigenvalue weighted by Gasteiger charge is 2.26. The van der Waals surface area contributed by atoms with E-state index in [0.29, 0.717) is 31.9 Å². The van der Waals surface area contributed by atoms with E-state index in [1.165, 1.54) is 5.56 Å². The minimum atomic E-state index is -0.0462. The van der Waals surface area contributed by atoms with E-state index in [4.69, 9.17) is 9.47 Å². The number of piperidine rings is 1. The Bertz CT molecular complexity index is 735. The van der Waals surface area contributed by atoms with Crippen molar-refractivity contribution >= 4 is 5.91 Å². The highest BCUT2D eigenvalue weighted by Crippen LogP contribution is 2.18. The van der Waals surface area contributed by atoms with Crippen molar-refractivity contribution in [1.29, 1.82) is 0 Å². The van der Waals surface area contributed by atoms with E-state index in [-0.39, 0.29) is 18.1 Å². The molecule has 0 aliphatic carbocycles. The second-order valence-electron chi connectivity index (χ2n) is 7.25. The highest BCUT2D eigenvalue weighted by molar-refractivity contribution is 5.92. The quantitative estimate of drug-likeness (QED) is 0.780. The fourth-order valence-corrected chi connectivity index (χ4v) is 3.66. The number of benzene rings is 1. The molecule has 4 rings (SSSR count). The number of nitrogens with zero attached hydrogens (tertiary/aromatic N) is 4. The molecule has 0 bridgehead atoms. The predicted octanol–water partition coefficient (Wildman–Crippen LogP) is 2.28. The summed E-state index contributed by atoms with van der Waals surface area (Å²) >= 11 is 0. The lowest BCUT2D eigenvalue weighted by atomic mass is 10.1. The lowest BCUT2D eigenvalue weighted by molar-refractivity contribution is -0.000514. The first-order chi connectivity index (χ1) is 13.3. The summed E-state index contributed by atoms with van der Waals surface area (Å²) in [5, 5.41) is 8.15. The first-order valence-corrected chi connectivity index (χ1v) is 9.74. The topological polar surface area (TPSA) is 69.5 Å². The third kappa shape index (κ3) is 4.73. The molecular formula is C20H26N4O3. The number of carbonyl (C=O) groups excluding carboxylic acids is 1. The van der Waals surface area contributed by atoms with Gasteiger partial charge in [-0.25, -0.2) is 4.68 Å². The molecule has 144 valence electrons. The van der Waals surface area contributed by atoms with Crippen molar-refractivity contribution in [3.63, 3.8) is 0 Å². The van der Waals surface area contributed by atoms with Crippen molar-refractivity contribution in [3.8, 4) is 0 Å².